The summed E-state index contributed by atoms with van der Waals surface area (Å²) >= 11 is 0. The van der Waals surface area contributed by atoms with Crippen LogP contribution < -0.4 is 0 Å². The van der Waals surface area contributed by atoms with E-state index in [1.807, 2.05) is 13.8 Å². The van der Waals surface area contributed by atoms with Gasteiger partial charge in [0, 0.05) is 6.54 Å². The normalized spacial score (nSPS) is 14.3. The molecule has 0 saturated heterocycles. The number of rotatable bonds is 2. The molecule has 66 valence electrons. The van der Waals surface area contributed by atoms with Gasteiger partial charge in [0.15, 0.2) is 0 Å². The van der Waals surface area contributed by atoms with E-state index in [1.165, 1.54) is 0 Å². The molecule has 0 aromatic carbocycles. The lowest BCUT2D eigenvalue weighted by Gasteiger charge is -2.06. The highest BCUT2D eigenvalue weighted by Gasteiger charge is 2.31. The topological polar surface area (TPSA) is 12.4 Å². The van der Waals surface area contributed by atoms with Crippen LogP contribution in [-0.4, -0.2) is 18.4 Å². The van der Waals surface area contributed by atoms with E-state index in [0.717, 1.165) is 6.92 Å². The molecule has 0 heterocycles. The molecule has 0 aliphatic rings. The Morgan fingerprint density at radius 3 is 2.09 bits per heavy atom. The summed E-state index contributed by atoms with van der Waals surface area (Å²) in [4.78, 5) is 3.39. The Hall–Kier alpha value is -0.540. The lowest BCUT2D eigenvalue weighted by atomic mass is 10.2. The summed E-state index contributed by atoms with van der Waals surface area (Å²) in [5.41, 5.74) is -0.744. The molecule has 0 aromatic heterocycles. The van der Waals surface area contributed by atoms with E-state index in [0.29, 0.717) is 0 Å². The molecular formula is C7H12F3N. The molecule has 11 heavy (non-hydrogen) atoms. The van der Waals surface area contributed by atoms with E-state index in [9.17, 15) is 13.2 Å². The average Bonchev–Trinajstić information content (AvgIpc) is 1.80. The third-order valence-corrected chi connectivity index (χ3v) is 1.10. The summed E-state index contributed by atoms with van der Waals surface area (Å²) in [6, 6.07) is 0. The number of aliphatic imine (C=N–C) groups is 1. The first kappa shape index (κ1) is 10.5. The lowest BCUT2D eigenvalue weighted by Crippen LogP contribution is -2.20. The van der Waals surface area contributed by atoms with Gasteiger partial charge in [0.1, 0.15) is 5.71 Å². The van der Waals surface area contributed by atoms with E-state index >= 15 is 0 Å². The zero-order chi connectivity index (χ0) is 9.07. The Morgan fingerprint density at radius 2 is 1.82 bits per heavy atom. The van der Waals surface area contributed by atoms with Crippen LogP contribution in [-0.2, 0) is 0 Å². The van der Waals surface area contributed by atoms with Crippen LogP contribution in [0.25, 0.3) is 0 Å². The highest BCUT2D eigenvalue weighted by Crippen LogP contribution is 2.16. The highest BCUT2D eigenvalue weighted by atomic mass is 19.4. The van der Waals surface area contributed by atoms with Crippen molar-refractivity contribution in [2.24, 2.45) is 10.9 Å². The number of halogens is 3. The van der Waals surface area contributed by atoms with Crippen LogP contribution >= 0.6 is 0 Å². The van der Waals surface area contributed by atoms with Gasteiger partial charge in [-0.3, -0.25) is 4.99 Å². The Bertz CT molecular complexity index is 146. The second-order valence-corrected chi connectivity index (χ2v) is 2.82. The van der Waals surface area contributed by atoms with E-state index < -0.39 is 11.9 Å². The summed E-state index contributed by atoms with van der Waals surface area (Å²) in [6.07, 6.45) is -4.26. The largest absolute Gasteiger partial charge is 0.428 e. The summed E-state index contributed by atoms with van der Waals surface area (Å²) in [5, 5.41) is 0. The molecule has 0 radical (unpaired) electrons. The van der Waals surface area contributed by atoms with E-state index in [-0.39, 0.29) is 12.5 Å². The van der Waals surface area contributed by atoms with Crippen LogP contribution in [0.3, 0.4) is 0 Å². The summed E-state index contributed by atoms with van der Waals surface area (Å²) in [5.74, 6) is 0.173. The van der Waals surface area contributed by atoms with Crippen LogP contribution in [0, 0.1) is 5.92 Å². The predicted octanol–water partition coefficient (Wildman–Crippen LogP) is 2.67. The molecule has 0 amide bonds. The smallest absolute Gasteiger partial charge is 0.285 e. The van der Waals surface area contributed by atoms with Crippen molar-refractivity contribution in [2.45, 2.75) is 26.9 Å². The maximum Gasteiger partial charge on any atom is 0.428 e. The summed E-state index contributed by atoms with van der Waals surface area (Å²) in [6.45, 7) is 4.88. The third kappa shape index (κ3) is 4.81. The Kier molecular flexibility index (Phi) is 3.55. The lowest BCUT2D eigenvalue weighted by molar-refractivity contribution is -0.0594. The van der Waals surface area contributed by atoms with Gasteiger partial charge in [0.25, 0.3) is 0 Å². The number of hydrogen-bond donors (Lipinski definition) is 0. The van der Waals surface area contributed by atoms with Crippen LogP contribution in [0.5, 0.6) is 0 Å². The quantitative estimate of drug-likeness (QED) is 0.560. The molecule has 0 rings (SSSR count). The van der Waals surface area contributed by atoms with Crippen molar-refractivity contribution in [3.63, 3.8) is 0 Å². The molecule has 1 nitrogen and oxygen atoms in total. The van der Waals surface area contributed by atoms with Crippen molar-refractivity contribution in [2.75, 3.05) is 6.54 Å². The summed E-state index contributed by atoms with van der Waals surface area (Å²) < 4.78 is 35.3. The van der Waals surface area contributed by atoms with Gasteiger partial charge in [-0.25, -0.2) is 0 Å². The van der Waals surface area contributed by atoms with Crippen molar-refractivity contribution in [3.05, 3.63) is 0 Å². The maximum absolute atomic E-state index is 11.8. The van der Waals surface area contributed by atoms with Gasteiger partial charge in [-0.05, 0) is 12.8 Å². The molecule has 0 spiro atoms. The molecular weight excluding hydrogens is 155 g/mol. The van der Waals surface area contributed by atoms with Gasteiger partial charge in [-0.1, -0.05) is 13.8 Å². The monoisotopic (exact) mass is 167 g/mol. The van der Waals surface area contributed by atoms with Gasteiger partial charge in [-0.15, -0.1) is 0 Å². The van der Waals surface area contributed by atoms with Gasteiger partial charge in [-0.2, -0.15) is 13.2 Å². The highest BCUT2D eigenvalue weighted by molar-refractivity contribution is 5.87. The van der Waals surface area contributed by atoms with E-state index in [1.54, 1.807) is 0 Å². The van der Waals surface area contributed by atoms with E-state index in [4.69, 9.17) is 0 Å². The minimum Gasteiger partial charge on any atom is -0.285 e. The van der Waals surface area contributed by atoms with Gasteiger partial charge in [0.05, 0.1) is 0 Å². The first-order valence-corrected chi connectivity index (χ1v) is 3.42. The van der Waals surface area contributed by atoms with Crippen molar-refractivity contribution >= 4 is 5.71 Å². The average molecular weight is 167 g/mol. The van der Waals surface area contributed by atoms with Crippen molar-refractivity contribution < 1.29 is 13.2 Å². The first-order chi connectivity index (χ1) is 4.84. The molecule has 0 aromatic rings. The first-order valence-electron chi connectivity index (χ1n) is 3.42. The molecule has 0 aliphatic heterocycles. The van der Waals surface area contributed by atoms with Gasteiger partial charge >= 0.3 is 6.18 Å². The standard InChI is InChI=1S/C7H12F3N/c1-5(2)4-11-6(3)7(8,9)10/h5H,4H2,1-3H3. The Labute approximate surface area is 64.3 Å². The Balaban J connectivity index is 4.02. The van der Waals surface area contributed by atoms with Crippen molar-refractivity contribution in [3.8, 4) is 0 Å². The molecule has 0 unspecified atom stereocenters. The molecule has 0 atom stereocenters. The predicted molar refractivity (Wildman–Crippen MR) is 38.9 cm³/mol. The number of nitrogens with zero attached hydrogens (tertiary/aromatic N) is 1. The third-order valence-electron chi connectivity index (χ3n) is 1.10. The second kappa shape index (κ2) is 3.74. The molecule has 0 fully saturated rings. The van der Waals surface area contributed by atoms with Gasteiger partial charge < -0.3 is 0 Å². The second-order valence-electron chi connectivity index (χ2n) is 2.82. The fraction of sp³-hybridized carbons (Fsp3) is 0.857. The van der Waals surface area contributed by atoms with Crippen LogP contribution in [0.2, 0.25) is 0 Å². The Morgan fingerprint density at radius 1 is 1.36 bits per heavy atom. The number of alkyl halides is 3. The SMILES string of the molecule is CC(=NCC(C)C)C(F)(F)F. The molecule has 4 heteroatoms. The van der Waals surface area contributed by atoms with Crippen molar-refractivity contribution in [1.82, 2.24) is 0 Å². The molecule has 0 bridgehead atoms. The molecule has 0 aliphatic carbocycles. The summed E-state index contributed by atoms with van der Waals surface area (Å²) in [7, 11) is 0. The zero-order valence-corrected chi connectivity index (χ0v) is 6.87. The molecule has 0 N–H and O–H groups in total. The molecule has 0 saturated carbocycles. The van der Waals surface area contributed by atoms with Crippen molar-refractivity contribution in [1.29, 1.82) is 0 Å². The maximum atomic E-state index is 11.8. The van der Waals surface area contributed by atoms with Crippen LogP contribution in [0.4, 0.5) is 13.2 Å². The van der Waals surface area contributed by atoms with Gasteiger partial charge in [0.2, 0.25) is 0 Å². The minimum absolute atomic E-state index is 0.173. The van der Waals surface area contributed by atoms with Crippen LogP contribution in [0.1, 0.15) is 20.8 Å². The fourth-order valence-electron chi connectivity index (χ4n) is 0.409. The van der Waals surface area contributed by atoms with Crippen LogP contribution in [0.15, 0.2) is 4.99 Å². The number of hydrogen-bond acceptors (Lipinski definition) is 1. The minimum atomic E-state index is -4.26. The van der Waals surface area contributed by atoms with E-state index in [2.05, 4.69) is 4.99 Å². The fourth-order valence-corrected chi connectivity index (χ4v) is 0.409. The zero-order valence-electron chi connectivity index (χ0n) is 6.87.